The summed E-state index contributed by atoms with van der Waals surface area (Å²) in [4.78, 5) is 25.3. The number of para-hydroxylation sites is 1. The Hall–Kier alpha value is -3.86. The second-order valence-electron chi connectivity index (χ2n) is 9.73. The van der Waals surface area contributed by atoms with Crippen molar-refractivity contribution in [3.63, 3.8) is 0 Å². The van der Waals surface area contributed by atoms with Gasteiger partial charge < -0.3 is 14.0 Å². The minimum atomic E-state index is -0.194. The first-order valence-electron chi connectivity index (χ1n) is 13.0. The van der Waals surface area contributed by atoms with E-state index in [-0.39, 0.29) is 11.8 Å². The molecule has 5 heteroatoms. The van der Waals surface area contributed by atoms with Crippen molar-refractivity contribution < 1.29 is 19.1 Å². The number of hydrogen-bond donors (Lipinski definition) is 0. The number of aryl methyl sites for hydroxylation is 1. The molecule has 0 aliphatic carbocycles. The molecule has 0 fully saturated rings. The van der Waals surface area contributed by atoms with E-state index in [2.05, 4.69) is 30.5 Å². The molecule has 0 aliphatic rings. The van der Waals surface area contributed by atoms with Gasteiger partial charge in [0, 0.05) is 41.2 Å². The smallest absolute Gasteiger partial charge is 0.305 e. The highest BCUT2D eigenvalue weighted by Crippen LogP contribution is 2.25. The lowest BCUT2D eigenvalue weighted by Gasteiger charge is -2.10. The third-order valence-corrected chi connectivity index (χ3v) is 6.26. The second-order valence-corrected chi connectivity index (χ2v) is 9.73. The molecule has 192 valence electrons. The number of carbonyl (C=O) groups is 2. The normalized spacial score (nSPS) is 11.1. The Kier molecular flexibility index (Phi) is 8.78. The van der Waals surface area contributed by atoms with E-state index in [0.717, 1.165) is 28.6 Å². The van der Waals surface area contributed by atoms with Crippen LogP contribution in [-0.2, 0) is 29.1 Å². The van der Waals surface area contributed by atoms with Gasteiger partial charge in [-0.25, -0.2) is 0 Å². The van der Waals surface area contributed by atoms with Crippen LogP contribution in [0.1, 0.15) is 60.7 Å². The van der Waals surface area contributed by atoms with Crippen LogP contribution in [0.25, 0.3) is 10.9 Å². The molecule has 1 aromatic heterocycles. The zero-order valence-corrected chi connectivity index (χ0v) is 21.9. The number of carbonyl (C=O) groups excluding carboxylic acids is 2. The first kappa shape index (κ1) is 26.2. The summed E-state index contributed by atoms with van der Waals surface area (Å²) in [5, 5.41) is 0.909. The zero-order chi connectivity index (χ0) is 26.2. The summed E-state index contributed by atoms with van der Waals surface area (Å²) in [6.07, 6.45) is 3.92. The lowest BCUT2D eigenvalue weighted by atomic mass is 10.0. The maximum atomic E-state index is 13.6. The predicted octanol–water partition coefficient (Wildman–Crippen LogP) is 6.99. The maximum Gasteiger partial charge on any atom is 0.305 e. The lowest BCUT2D eigenvalue weighted by Crippen LogP contribution is -2.06. The molecule has 4 aromatic rings. The van der Waals surface area contributed by atoms with Crippen LogP contribution in [0.5, 0.6) is 5.75 Å². The summed E-state index contributed by atoms with van der Waals surface area (Å²) in [6.45, 7) is 7.63. The van der Waals surface area contributed by atoms with E-state index in [1.54, 1.807) is 0 Å². The Morgan fingerprint density at radius 2 is 1.70 bits per heavy atom. The van der Waals surface area contributed by atoms with Gasteiger partial charge >= 0.3 is 5.97 Å². The summed E-state index contributed by atoms with van der Waals surface area (Å²) in [7, 11) is 0. The van der Waals surface area contributed by atoms with E-state index in [0.29, 0.717) is 49.6 Å². The molecular weight excluding hydrogens is 462 g/mol. The molecule has 0 unspecified atom stereocenters. The van der Waals surface area contributed by atoms with Gasteiger partial charge in [-0.05, 0) is 61.1 Å². The van der Waals surface area contributed by atoms with Crippen LogP contribution in [0.15, 0.2) is 79.0 Å². The minimum absolute atomic E-state index is 0.0267. The number of ether oxygens (including phenoxy) is 2. The number of fused-ring (bicyclic) bond motifs is 1. The number of nitrogens with zero attached hydrogens (tertiary/aromatic N) is 1. The molecule has 0 bridgehead atoms. The van der Waals surface area contributed by atoms with Gasteiger partial charge in [-0.3, -0.25) is 9.59 Å². The van der Waals surface area contributed by atoms with Gasteiger partial charge in [0.1, 0.15) is 12.4 Å². The van der Waals surface area contributed by atoms with E-state index in [4.69, 9.17) is 9.47 Å². The zero-order valence-electron chi connectivity index (χ0n) is 21.9. The van der Waals surface area contributed by atoms with Crippen molar-refractivity contribution in [3.05, 3.63) is 101 Å². The van der Waals surface area contributed by atoms with Gasteiger partial charge in [0.25, 0.3) is 0 Å². The van der Waals surface area contributed by atoms with Crippen molar-refractivity contribution in [3.8, 4) is 5.75 Å². The molecule has 0 saturated heterocycles. The van der Waals surface area contributed by atoms with Crippen molar-refractivity contribution in [2.24, 2.45) is 5.92 Å². The highest BCUT2D eigenvalue weighted by atomic mass is 16.5. The van der Waals surface area contributed by atoms with E-state index < -0.39 is 0 Å². The van der Waals surface area contributed by atoms with Gasteiger partial charge in [-0.2, -0.15) is 0 Å². The summed E-state index contributed by atoms with van der Waals surface area (Å²) in [5.74, 6) is 1.20. The summed E-state index contributed by atoms with van der Waals surface area (Å²) >= 11 is 0. The number of rotatable bonds is 12. The fourth-order valence-electron chi connectivity index (χ4n) is 4.60. The molecule has 0 aliphatic heterocycles. The molecule has 0 amide bonds. The topological polar surface area (TPSA) is 57.5 Å². The number of aromatic nitrogens is 1. The van der Waals surface area contributed by atoms with Crippen LogP contribution in [0.2, 0.25) is 0 Å². The van der Waals surface area contributed by atoms with Crippen LogP contribution < -0.4 is 4.74 Å². The average Bonchev–Trinajstić information content (AvgIpc) is 3.26. The van der Waals surface area contributed by atoms with E-state index in [9.17, 15) is 9.59 Å². The van der Waals surface area contributed by atoms with Crippen molar-refractivity contribution in [2.75, 3.05) is 6.61 Å². The van der Waals surface area contributed by atoms with E-state index in [1.807, 2.05) is 73.8 Å². The molecule has 0 N–H and O–H groups in total. The average molecular weight is 498 g/mol. The van der Waals surface area contributed by atoms with Crippen LogP contribution in [0, 0.1) is 5.92 Å². The Balaban J connectivity index is 1.49. The second kappa shape index (κ2) is 12.4. The fourth-order valence-corrected chi connectivity index (χ4v) is 4.60. The highest BCUT2D eigenvalue weighted by molar-refractivity contribution is 6.16. The molecular formula is C32H35NO4. The van der Waals surface area contributed by atoms with Gasteiger partial charge in [0.05, 0.1) is 6.61 Å². The van der Waals surface area contributed by atoms with Crippen molar-refractivity contribution in [1.82, 2.24) is 4.57 Å². The van der Waals surface area contributed by atoms with Gasteiger partial charge in [-0.15, -0.1) is 0 Å². The largest absolute Gasteiger partial charge is 0.489 e. The molecule has 37 heavy (non-hydrogen) atoms. The molecule has 5 nitrogen and oxygen atoms in total. The van der Waals surface area contributed by atoms with E-state index in [1.165, 1.54) is 5.56 Å². The Morgan fingerprint density at radius 3 is 2.51 bits per heavy atom. The lowest BCUT2D eigenvalue weighted by molar-refractivity contribution is -0.143. The SMILES string of the molecule is CCOC(=O)CCCn1cc(C(=O)c2cccc(COc3cccc(CC(C)C)c3)c2)c2ccccc21. The van der Waals surface area contributed by atoms with Gasteiger partial charge in [0.2, 0.25) is 0 Å². The minimum Gasteiger partial charge on any atom is -0.489 e. The summed E-state index contributed by atoms with van der Waals surface area (Å²) in [5.41, 5.74) is 4.47. The molecule has 4 rings (SSSR count). The first-order chi connectivity index (χ1) is 17.9. The number of esters is 1. The number of benzene rings is 3. The Labute approximate surface area is 219 Å². The third-order valence-electron chi connectivity index (χ3n) is 6.26. The van der Waals surface area contributed by atoms with E-state index >= 15 is 0 Å². The van der Waals surface area contributed by atoms with Crippen molar-refractivity contribution in [1.29, 1.82) is 0 Å². The fraction of sp³-hybridized carbons (Fsp3) is 0.312. The maximum absolute atomic E-state index is 13.6. The Morgan fingerprint density at radius 1 is 0.919 bits per heavy atom. The number of ketones is 1. The monoisotopic (exact) mass is 497 g/mol. The highest BCUT2D eigenvalue weighted by Gasteiger charge is 2.17. The third kappa shape index (κ3) is 6.88. The Bertz CT molecular complexity index is 1370. The molecule has 0 radical (unpaired) electrons. The van der Waals surface area contributed by atoms with Crippen LogP contribution in [0.3, 0.4) is 0 Å². The summed E-state index contributed by atoms with van der Waals surface area (Å²) in [6, 6.07) is 23.7. The van der Waals surface area contributed by atoms with Gasteiger partial charge in [-0.1, -0.05) is 62.4 Å². The quantitative estimate of drug-likeness (QED) is 0.156. The molecule has 1 heterocycles. The predicted molar refractivity (Wildman–Crippen MR) is 147 cm³/mol. The van der Waals surface area contributed by atoms with Crippen molar-refractivity contribution >= 4 is 22.7 Å². The van der Waals surface area contributed by atoms with Crippen LogP contribution >= 0.6 is 0 Å². The molecule has 3 aromatic carbocycles. The molecule has 0 spiro atoms. The standard InChI is InChI=1S/C32H35NO4/c1-4-36-31(34)16-9-17-33-21-29(28-14-5-6-15-30(28)33)32(35)26-12-7-11-25(19-26)22-37-27-13-8-10-24(20-27)18-23(2)3/h5-8,10-15,19-21,23H,4,9,16-18,22H2,1-3H3. The van der Waals surface area contributed by atoms with Crippen LogP contribution in [-0.4, -0.2) is 22.9 Å². The summed E-state index contributed by atoms with van der Waals surface area (Å²) < 4.78 is 13.1. The molecule has 0 atom stereocenters. The van der Waals surface area contributed by atoms with Gasteiger partial charge in [0.15, 0.2) is 5.78 Å². The number of hydrogen-bond acceptors (Lipinski definition) is 4. The van der Waals surface area contributed by atoms with Crippen LogP contribution in [0.4, 0.5) is 0 Å². The molecule has 0 saturated carbocycles. The van der Waals surface area contributed by atoms with Crippen molar-refractivity contribution in [2.45, 2.75) is 53.2 Å². The first-order valence-corrected chi connectivity index (χ1v) is 13.0.